The van der Waals surface area contributed by atoms with Crippen molar-refractivity contribution in [3.8, 4) is 0 Å². The molecule has 0 spiro atoms. The first-order chi connectivity index (χ1) is 8.68. The first-order valence-electron chi connectivity index (χ1n) is 6.76. The Hall–Kier alpha value is -1.38. The summed E-state index contributed by atoms with van der Waals surface area (Å²) in [4.78, 5) is 4.49. The fourth-order valence-corrected chi connectivity index (χ4v) is 2.61. The summed E-state index contributed by atoms with van der Waals surface area (Å²) < 4.78 is 13.6. The van der Waals surface area contributed by atoms with Crippen LogP contribution in [0.3, 0.4) is 0 Å². The van der Waals surface area contributed by atoms with Gasteiger partial charge in [0.2, 0.25) is 0 Å². The van der Waals surface area contributed by atoms with Crippen molar-refractivity contribution in [2.24, 2.45) is 16.6 Å². The van der Waals surface area contributed by atoms with Gasteiger partial charge in [-0.1, -0.05) is 37.5 Å². The van der Waals surface area contributed by atoms with Crippen molar-refractivity contribution in [3.63, 3.8) is 0 Å². The van der Waals surface area contributed by atoms with Crippen LogP contribution in [0.4, 0.5) is 4.39 Å². The summed E-state index contributed by atoms with van der Waals surface area (Å²) in [6.45, 7) is 1.90. The quantitative estimate of drug-likeness (QED) is 0.641. The van der Waals surface area contributed by atoms with Gasteiger partial charge in [-0.15, -0.1) is 0 Å². The van der Waals surface area contributed by atoms with Crippen LogP contribution in [0.1, 0.15) is 50.6 Å². The molecular formula is C15H21FN2. The molecule has 1 fully saturated rings. The highest BCUT2D eigenvalue weighted by Gasteiger charge is 2.18. The predicted molar refractivity (Wildman–Crippen MR) is 73.0 cm³/mol. The second-order valence-corrected chi connectivity index (χ2v) is 5.09. The first-order valence-corrected chi connectivity index (χ1v) is 6.76. The number of hydrogen-bond donors (Lipinski definition) is 1. The maximum Gasteiger partial charge on any atom is 0.128 e. The Balaban J connectivity index is 2.09. The predicted octanol–water partition coefficient (Wildman–Crippen LogP) is 3.82. The Kier molecular flexibility index (Phi) is 4.34. The highest BCUT2D eigenvalue weighted by atomic mass is 19.1. The van der Waals surface area contributed by atoms with E-state index >= 15 is 0 Å². The van der Waals surface area contributed by atoms with E-state index in [0.717, 1.165) is 12.8 Å². The third-order valence-electron chi connectivity index (χ3n) is 3.72. The topological polar surface area (TPSA) is 38.4 Å². The van der Waals surface area contributed by atoms with Gasteiger partial charge in [-0.2, -0.15) is 0 Å². The molecule has 1 aliphatic carbocycles. The zero-order valence-electron chi connectivity index (χ0n) is 10.9. The van der Waals surface area contributed by atoms with E-state index in [2.05, 4.69) is 4.99 Å². The Morgan fingerprint density at radius 2 is 1.94 bits per heavy atom. The molecule has 0 heterocycles. The highest BCUT2D eigenvalue weighted by molar-refractivity contribution is 5.83. The zero-order valence-corrected chi connectivity index (χ0v) is 10.9. The fourth-order valence-electron chi connectivity index (χ4n) is 2.61. The van der Waals surface area contributed by atoms with E-state index in [1.807, 2.05) is 13.0 Å². The Labute approximate surface area is 108 Å². The molecule has 98 valence electrons. The molecule has 0 radical (unpaired) electrons. The smallest absolute Gasteiger partial charge is 0.128 e. The summed E-state index contributed by atoms with van der Waals surface area (Å²) in [5.41, 5.74) is 6.69. The molecule has 1 aromatic carbocycles. The van der Waals surface area contributed by atoms with Crippen LogP contribution in [0.2, 0.25) is 0 Å². The van der Waals surface area contributed by atoms with Crippen LogP contribution in [0, 0.1) is 11.7 Å². The number of hydrogen-bond acceptors (Lipinski definition) is 1. The average molecular weight is 248 g/mol. The number of benzene rings is 1. The van der Waals surface area contributed by atoms with E-state index < -0.39 is 0 Å². The molecular weight excluding hydrogens is 227 g/mol. The number of aliphatic imine (C=N–C) groups is 1. The first kappa shape index (κ1) is 13.1. The van der Waals surface area contributed by atoms with Crippen molar-refractivity contribution in [2.45, 2.75) is 45.1 Å². The van der Waals surface area contributed by atoms with Crippen molar-refractivity contribution >= 4 is 5.84 Å². The summed E-state index contributed by atoms with van der Waals surface area (Å²) in [6.07, 6.45) is 6.01. The second kappa shape index (κ2) is 5.98. The van der Waals surface area contributed by atoms with E-state index in [1.54, 1.807) is 12.1 Å². The molecule has 0 amide bonds. The van der Waals surface area contributed by atoms with E-state index in [0.29, 0.717) is 17.3 Å². The van der Waals surface area contributed by atoms with Crippen LogP contribution in [0.15, 0.2) is 29.3 Å². The van der Waals surface area contributed by atoms with Crippen LogP contribution in [-0.2, 0) is 0 Å². The lowest BCUT2D eigenvalue weighted by Crippen LogP contribution is -2.26. The minimum atomic E-state index is -0.204. The van der Waals surface area contributed by atoms with Crippen molar-refractivity contribution in [2.75, 3.05) is 0 Å². The van der Waals surface area contributed by atoms with Gasteiger partial charge in [0.1, 0.15) is 5.82 Å². The monoisotopic (exact) mass is 248 g/mol. The normalized spacial score (nSPS) is 19.8. The number of halogens is 1. The summed E-state index contributed by atoms with van der Waals surface area (Å²) in [6, 6.07) is 6.57. The minimum Gasteiger partial charge on any atom is -0.387 e. The Bertz CT molecular complexity index is 422. The molecule has 2 nitrogen and oxygen atoms in total. The van der Waals surface area contributed by atoms with Gasteiger partial charge >= 0.3 is 0 Å². The molecule has 1 unspecified atom stereocenters. The van der Waals surface area contributed by atoms with Gasteiger partial charge in [0.25, 0.3) is 0 Å². The third-order valence-corrected chi connectivity index (χ3v) is 3.72. The second-order valence-electron chi connectivity index (χ2n) is 5.09. The Morgan fingerprint density at radius 3 is 2.61 bits per heavy atom. The summed E-state index contributed by atoms with van der Waals surface area (Å²) in [7, 11) is 0. The lowest BCUT2D eigenvalue weighted by atomic mass is 9.88. The maximum absolute atomic E-state index is 13.6. The summed E-state index contributed by atoms with van der Waals surface area (Å²) in [5.74, 6) is 0.892. The number of nitrogens with two attached hydrogens (primary N) is 1. The minimum absolute atomic E-state index is 0.201. The number of rotatable bonds is 3. The van der Waals surface area contributed by atoms with Gasteiger partial charge in [-0.05, 0) is 25.8 Å². The van der Waals surface area contributed by atoms with Crippen LogP contribution in [0.25, 0.3) is 0 Å². The molecule has 18 heavy (non-hydrogen) atoms. The molecule has 3 heteroatoms. The number of nitrogens with zero attached hydrogens (tertiary/aromatic N) is 1. The molecule has 1 aliphatic rings. The highest BCUT2D eigenvalue weighted by Crippen LogP contribution is 2.26. The van der Waals surface area contributed by atoms with Crippen molar-refractivity contribution < 1.29 is 4.39 Å². The lowest BCUT2D eigenvalue weighted by Gasteiger charge is -2.22. The summed E-state index contributed by atoms with van der Waals surface area (Å²) in [5, 5.41) is 0. The van der Waals surface area contributed by atoms with Gasteiger partial charge in [0.05, 0.1) is 11.9 Å². The van der Waals surface area contributed by atoms with Crippen LogP contribution < -0.4 is 5.73 Å². The molecule has 1 aromatic rings. The van der Waals surface area contributed by atoms with E-state index in [1.165, 1.54) is 25.3 Å². The van der Waals surface area contributed by atoms with E-state index in [4.69, 9.17) is 5.73 Å². The Morgan fingerprint density at radius 1 is 1.28 bits per heavy atom. The van der Waals surface area contributed by atoms with Gasteiger partial charge in [0, 0.05) is 11.5 Å². The molecule has 0 bridgehead atoms. The standard InChI is InChI=1S/C15H21FN2/c1-11(13-9-5-6-10-14(13)16)18-15(17)12-7-3-2-4-8-12/h5-6,9-12H,2-4,7-8H2,1H3,(H2,17,18). The van der Waals surface area contributed by atoms with E-state index in [-0.39, 0.29) is 11.9 Å². The number of amidine groups is 1. The summed E-state index contributed by atoms with van der Waals surface area (Å²) >= 11 is 0. The molecule has 0 saturated heterocycles. The molecule has 0 aromatic heterocycles. The molecule has 0 aliphatic heterocycles. The van der Waals surface area contributed by atoms with Crippen LogP contribution in [0.5, 0.6) is 0 Å². The van der Waals surface area contributed by atoms with Crippen molar-refractivity contribution in [1.29, 1.82) is 0 Å². The zero-order chi connectivity index (χ0) is 13.0. The van der Waals surface area contributed by atoms with Gasteiger partial charge < -0.3 is 5.73 Å². The molecule has 1 atom stereocenters. The van der Waals surface area contributed by atoms with Gasteiger partial charge in [-0.25, -0.2) is 4.39 Å². The third kappa shape index (κ3) is 3.09. The lowest BCUT2D eigenvalue weighted by molar-refractivity contribution is 0.435. The molecule has 2 rings (SSSR count). The van der Waals surface area contributed by atoms with Crippen molar-refractivity contribution in [3.05, 3.63) is 35.6 Å². The maximum atomic E-state index is 13.6. The fraction of sp³-hybridized carbons (Fsp3) is 0.533. The van der Waals surface area contributed by atoms with Gasteiger partial charge in [-0.3, -0.25) is 4.99 Å². The largest absolute Gasteiger partial charge is 0.387 e. The molecule has 1 saturated carbocycles. The molecule has 2 N–H and O–H groups in total. The van der Waals surface area contributed by atoms with Crippen LogP contribution in [-0.4, -0.2) is 5.84 Å². The SMILES string of the molecule is CC(N=C(N)C1CCCCC1)c1ccccc1F. The van der Waals surface area contributed by atoms with Crippen molar-refractivity contribution in [1.82, 2.24) is 0 Å². The van der Waals surface area contributed by atoms with Gasteiger partial charge in [0.15, 0.2) is 0 Å². The van der Waals surface area contributed by atoms with E-state index in [9.17, 15) is 4.39 Å². The average Bonchev–Trinajstić information content (AvgIpc) is 2.40. The van der Waals surface area contributed by atoms with Crippen LogP contribution >= 0.6 is 0 Å².